The summed E-state index contributed by atoms with van der Waals surface area (Å²) in [6.07, 6.45) is 7.45. The number of pyridine rings is 1. The Morgan fingerprint density at radius 1 is 1.38 bits per heavy atom. The summed E-state index contributed by atoms with van der Waals surface area (Å²) in [5, 5.41) is 3.45. The topological polar surface area (TPSA) is 24.9 Å². The van der Waals surface area contributed by atoms with Crippen molar-refractivity contribution in [1.82, 2.24) is 10.3 Å². The Hall–Kier alpha value is 0.0700. The summed E-state index contributed by atoms with van der Waals surface area (Å²) in [4.78, 5) is 4.37. The maximum Gasteiger partial charge on any atom is 0.0684 e. The molecule has 0 aromatic carbocycles. The molecule has 1 N–H and O–H groups in total. The number of halogens is 2. The molecular weight excluding hydrogens is 332 g/mol. The maximum absolute atomic E-state index is 4.37. The third kappa shape index (κ3) is 3.54. The van der Waals surface area contributed by atoms with E-state index >= 15 is 0 Å². The van der Waals surface area contributed by atoms with Crippen LogP contribution in [0.4, 0.5) is 0 Å². The van der Waals surface area contributed by atoms with E-state index in [1.165, 1.54) is 25.7 Å². The van der Waals surface area contributed by atoms with Crippen molar-refractivity contribution in [2.75, 3.05) is 6.54 Å². The first-order chi connectivity index (χ1) is 7.75. The van der Waals surface area contributed by atoms with Gasteiger partial charge in [-0.15, -0.1) is 0 Å². The Kier molecular flexibility index (Phi) is 4.79. The van der Waals surface area contributed by atoms with E-state index in [-0.39, 0.29) is 0 Å². The van der Waals surface area contributed by atoms with Gasteiger partial charge in [-0.25, -0.2) is 0 Å². The van der Waals surface area contributed by atoms with Gasteiger partial charge in [0.05, 0.1) is 5.69 Å². The Bertz CT molecular complexity index is 351. The smallest absolute Gasteiger partial charge is 0.0684 e. The van der Waals surface area contributed by atoms with E-state index < -0.39 is 0 Å². The molecule has 1 saturated carbocycles. The molecule has 0 atom stereocenters. The number of aromatic nitrogens is 1. The van der Waals surface area contributed by atoms with Gasteiger partial charge in [-0.05, 0) is 56.8 Å². The molecule has 0 spiro atoms. The normalized spacial score (nSPS) is 16.1. The predicted molar refractivity (Wildman–Crippen MR) is 73.3 cm³/mol. The Balaban J connectivity index is 1.71. The fourth-order valence-corrected chi connectivity index (χ4v) is 3.00. The molecule has 0 saturated heterocycles. The zero-order valence-electron chi connectivity index (χ0n) is 9.18. The monoisotopic (exact) mass is 346 g/mol. The maximum atomic E-state index is 4.37. The first-order valence-electron chi connectivity index (χ1n) is 5.76. The van der Waals surface area contributed by atoms with Gasteiger partial charge in [-0.3, -0.25) is 4.98 Å². The SMILES string of the molecule is Brc1cnc(CNCCC2CCC2)c(Br)c1. The standard InChI is InChI=1S/C12H16Br2N2/c13-10-6-11(14)12(16-7-10)8-15-5-4-9-2-1-3-9/h6-7,9,15H,1-5,8H2. The lowest BCUT2D eigenvalue weighted by Gasteiger charge is -2.25. The summed E-state index contributed by atoms with van der Waals surface area (Å²) in [7, 11) is 0. The summed E-state index contributed by atoms with van der Waals surface area (Å²) < 4.78 is 2.08. The van der Waals surface area contributed by atoms with Gasteiger partial charge >= 0.3 is 0 Å². The predicted octanol–water partition coefficient (Wildman–Crippen LogP) is 3.89. The molecule has 0 bridgehead atoms. The fraction of sp³-hybridized carbons (Fsp3) is 0.583. The lowest BCUT2D eigenvalue weighted by molar-refractivity contribution is 0.292. The number of hydrogen-bond acceptors (Lipinski definition) is 2. The van der Waals surface area contributed by atoms with E-state index in [4.69, 9.17) is 0 Å². The minimum absolute atomic E-state index is 0.848. The Labute approximate surface area is 113 Å². The highest BCUT2D eigenvalue weighted by molar-refractivity contribution is 9.11. The molecule has 1 aromatic heterocycles. The molecule has 0 amide bonds. The van der Waals surface area contributed by atoms with Gasteiger partial charge in [-0.1, -0.05) is 19.3 Å². The largest absolute Gasteiger partial charge is 0.311 e. The van der Waals surface area contributed by atoms with Crippen LogP contribution in [0.2, 0.25) is 0 Å². The second-order valence-electron chi connectivity index (χ2n) is 4.34. The number of rotatable bonds is 5. The summed E-state index contributed by atoms with van der Waals surface area (Å²) >= 11 is 6.92. The Morgan fingerprint density at radius 2 is 2.19 bits per heavy atom. The molecule has 16 heavy (non-hydrogen) atoms. The first kappa shape index (κ1) is 12.5. The lowest BCUT2D eigenvalue weighted by Crippen LogP contribution is -2.21. The molecule has 2 nitrogen and oxygen atoms in total. The molecule has 4 heteroatoms. The third-order valence-electron chi connectivity index (χ3n) is 3.13. The van der Waals surface area contributed by atoms with Crippen molar-refractivity contribution in [2.24, 2.45) is 5.92 Å². The average molecular weight is 348 g/mol. The van der Waals surface area contributed by atoms with Crippen molar-refractivity contribution in [3.63, 3.8) is 0 Å². The zero-order chi connectivity index (χ0) is 11.4. The van der Waals surface area contributed by atoms with Gasteiger partial charge in [0.15, 0.2) is 0 Å². The van der Waals surface area contributed by atoms with Crippen LogP contribution in [0.1, 0.15) is 31.4 Å². The number of hydrogen-bond donors (Lipinski definition) is 1. The van der Waals surface area contributed by atoms with E-state index in [0.29, 0.717) is 0 Å². The fourth-order valence-electron chi connectivity index (χ4n) is 1.87. The second kappa shape index (κ2) is 6.12. The van der Waals surface area contributed by atoms with E-state index in [1.807, 2.05) is 12.3 Å². The number of nitrogens with one attached hydrogen (secondary N) is 1. The molecule has 2 rings (SSSR count). The molecule has 1 aliphatic carbocycles. The molecule has 1 aliphatic rings. The van der Waals surface area contributed by atoms with Crippen LogP contribution in [0, 0.1) is 5.92 Å². The summed E-state index contributed by atoms with van der Waals surface area (Å²) in [6.45, 7) is 1.95. The van der Waals surface area contributed by atoms with Crippen LogP contribution in [0.5, 0.6) is 0 Å². The molecule has 0 radical (unpaired) electrons. The lowest BCUT2D eigenvalue weighted by atomic mass is 9.83. The van der Waals surface area contributed by atoms with Crippen molar-refractivity contribution in [3.8, 4) is 0 Å². The summed E-state index contributed by atoms with van der Waals surface area (Å²) in [5.74, 6) is 0.980. The molecular formula is C12H16Br2N2. The quantitative estimate of drug-likeness (QED) is 0.817. The number of nitrogens with zero attached hydrogens (tertiary/aromatic N) is 1. The zero-order valence-corrected chi connectivity index (χ0v) is 12.3. The molecule has 0 aliphatic heterocycles. The van der Waals surface area contributed by atoms with Crippen LogP contribution >= 0.6 is 31.9 Å². The van der Waals surface area contributed by atoms with E-state index in [0.717, 1.165) is 33.6 Å². The molecule has 1 aromatic rings. The van der Waals surface area contributed by atoms with E-state index in [9.17, 15) is 0 Å². The average Bonchev–Trinajstić information content (AvgIpc) is 2.18. The van der Waals surface area contributed by atoms with Gasteiger partial charge in [0.2, 0.25) is 0 Å². The first-order valence-corrected chi connectivity index (χ1v) is 7.35. The van der Waals surface area contributed by atoms with Gasteiger partial charge in [0, 0.05) is 21.7 Å². The van der Waals surface area contributed by atoms with Crippen molar-refractivity contribution in [2.45, 2.75) is 32.2 Å². The van der Waals surface area contributed by atoms with Crippen LogP contribution in [0.3, 0.4) is 0 Å². The highest BCUT2D eigenvalue weighted by atomic mass is 79.9. The van der Waals surface area contributed by atoms with Gasteiger partial charge in [0.25, 0.3) is 0 Å². The van der Waals surface area contributed by atoms with E-state index in [1.54, 1.807) is 0 Å². The van der Waals surface area contributed by atoms with Crippen LogP contribution in [0.25, 0.3) is 0 Å². The molecule has 0 unspecified atom stereocenters. The van der Waals surface area contributed by atoms with Crippen LogP contribution in [0.15, 0.2) is 21.2 Å². The van der Waals surface area contributed by atoms with Crippen molar-refractivity contribution >= 4 is 31.9 Å². The molecule has 1 fully saturated rings. The highest BCUT2D eigenvalue weighted by Crippen LogP contribution is 2.28. The van der Waals surface area contributed by atoms with Crippen LogP contribution in [-0.2, 0) is 6.54 Å². The molecule has 1 heterocycles. The Morgan fingerprint density at radius 3 is 2.81 bits per heavy atom. The van der Waals surface area contributed by atoms with Crippen LogP contribution < -0.4 is 5.32 Å². The minimum atomic E-state index is 0.848. The third-order valence-corrected chi connectivity index (χ3v) is 4.25. The minimum Gasteiger partial charge on any atom is -0.311 e. The van der Waals surface area contributed by atoms with Gasteiger partial charge < -0.3 is 5.32 Å². The van der Waals surface area contributed by atoms with Gasteiger partial charge in [-0.2, -0.15) is 0 Å². The van der Waals surface area contributed by atoms with Crippen LogP contribution in [-0.4, -0.2) is 11.5 Å². The van der Waals surface area contributed by atoms with Crippen molar-refractivity contribution < 1.29 is 0 Å². The summed E-state index contributed by atoms with van der Waals surface area (Å²) in [5.41, 5.74) is 1.08. The van der Waals surface area contributed by atoms with E-state index in [2.05, 4.69) is 42.2 Å². The van der Waals surface area contributed by atoms with Gasteiger partial charge in [0.1, 0.15) is 0 Å². The van der Waals surface area contributed by atoms with Crippen molar-refractivity contribution in [3.05, 3.63) is 26.9 Å². The molecule has 88 valence electrons. The second-order valence-corrected chi connectivity index (χ2v) is 6.11. The highest BCUT2D eigenvalue weighted by Gasteiger charge is 2.16. The summed E-state index contributed by atoms with van der Waals surface area (Å²) in [6, 6.07) is 2.04. The van der Waals surface area contributed by atoms with Crippen molar-refractivity contribution in [1.29, 1.82) is 0 Å².